The minimum absolute atomic E-state index is 0.00410. The van der Waals surface area contributed by atoms with Crippen molar-refractivity contribution in [3.05, 3.63) is 47.5 Å². The van der Waals surface area contributed by atoms with Crippen LogP contribution in [0.15, 0.2) is 36.4 Å². The Balaban J connectivity index is 1.44. The third-order valence-corrected chi connectivity index (χ3v) is 13.1. The quantitative estimate of drug-likeness (QED) is 0.153. The lowest BCUT2D eigenvalue weighted by atomic mass is 9.43. The molecule has 0 radical (unpaired) electrons. The molecule has 55 heavy (non-hydrogen) atoms. The van der Waals surface area contributed by atoms with E-state index in [1.165, 1.54) is 12.8 Å². The summed E-state index contributed by atoms with van der Waals surface area (Å²) in [4.78, 5) is 38.6. The molecule has 3 N–H and O–H groups in total. The van der Waals surface area contributed by atoms with Crippen molar-refractivity contribution < 1.29 is 29.4 Å². The second-order valence-electron chi connectivity index (χ2n) is 18.3. The van der Waals surface area contributed by atoms with E-state index >= 15 is 0 Å². The van der Waals surface area contributed by atoms with Gasteiger partial charge in [-0.2, -0.15) is 5.06 Å². The fraction of sp³-hybridized carbons (Fsp3) is 0.689. The SMILES string of the molecule is CCOc1c(CN2O[C@@H](CO)[C@@H]([C@H](C)O)[C@H]2C(=O)CC[C@H]2C[C@H]3C[C@@H]([C@@H]2C)C3(C)C)cccc1-c1cc(C(=O)N[C@@H](CC(C)C)CN(C)C)cc(N(C)C)c1. The number of ketones is 1. The van der Waals surface area contributed by atoms with E-state index in [4.69, 9.17) is 9.57 Å². The zero-order chi connectivity index (χ0) is 40.4. The molecular formula is C45H70N4O6. The monoisotopic (exact) mass is 763 g/mol. The van der Waals surface area contributed by atoms with Gasteiger partial charge in [0.2, 0.25) is 0 Å². The number of amides is 1. The molecule has 1 aliphatic heterocycles. The number of para-hydroxylation sites is 1. The first-order valence-corrected chi connectivity index (χ1v) is 20.7. The molecule has 4 fully saturated rings. The maximum Gasteiger partial charge on any atom is 0.251 e. The van der Waals surface area contributed by atoms with E-state index in [0.717, 1.165) is 47.7 Å². The minimum atomic E-state index is -0.855. The molecule has 9 atom stereocenters. The van der Waals surface area contributed by atoms with E-state index in [9.17, 15) is 19.8 Å². The summed E-state index contributed by atoms with van der Waals surface area (Å²) in [5, 5.41) is 26.4. The summed E-state index contributed by atoms with van der Waals surface area (Å²) in [6.45, 7) is 16.2. The van der Waals surface area contributed by atoms with Gasteiger partial charge in [0.05, 0.1) is 25.9 Å². The summed E-state index contributed by atoms with van der Waals surface area (Å²) in [6.07, 6.45) is 3.01. The average molecular weight is 763 g/mol. The summed E-state index contributed by atoms with van der Waals surface area (Å²) in [6, 6.07) is 11.1. The van der Waals surface area contributed by atoms with Gasteiger partial charge < -0.3 is 30.1 Å². The molecule has 0 spiro atoms. The van der Waals surface area contributed by atoms with Gasteiger partial charge in [-0.3, -0.25) is 14.4 Å². The van der Waals surface area contributed by atoms with E-state index in [1.807, 2.05) is 70.3 Å². The molecule has 4 aliphatic rings. The highest BCUT2D eigenvalue weighted by molar-refractivity contribution is 5.97. The third kappa shape index (κ3) is 9.58. The molecule has 306 valence electrons. The predicted octanol–water partition coefficient (Wildman–Crippen LogP) is 6.67. The van der Waals surface area contributed by atoms with E-state index in [1.54, 1.807) is 12.0 Å². The molecule has 3 aliphatic carbocycles. The number of hydrogen-bond donors (Lipinski definition) is 3. The van der Waals surface area contributed by atoms with E-state index < -0.39 is 24.2 Å². The molecule has 1 heterocycles. The number of nitrogens with one attached hydrogen (secondary N) is 1. The van der Waals surface area contributed by atoms with Crippen LogP contribution < -0.4 is 15.0 Å². The highest BCUT2D eigenvalue weighted by Crippen LogP contribution is 2.63. The summed E-state index contributed by atoms with van der Waals surface area (Å²) in [7, 11) is 7.97. The van der Waals surface area contributed by atoms with E-state index in [0.29, 0.717) is 53.4 Å². The zero-order valence-electron chi connectivity index (χ0n) is 35.5. The number of ether oxygens (including phenoxy) is 1. The van der Waals surface area contributed by atoms with E-state index in [-0.39, 0.29) is 30.9 Å². The first-order valence-electron chi connectivity index (χ1n) is 20.7. The van der Waals surface area contributed by atoms with Gasteiger partial charge in [0.15, 0.2) is 5.78 Å². The maximum atomic E-state index is 14.3. The summed E-state index contributed by atoms with van der Waals surface area (Å²) in [5.41, 5.74) is 4.31. The molecule has 6 rings (SSSR count). The number of aliphatic hydroxyl groups excluding tert-OH is 2. The molecule has 10 heteroatoms. The summed E-state index contributed by atoms with van der Waals surface area (Å²) in [5.74, 6) is 2.94. The van der Waals surface area contributed by atoms with Crippen LogP contribution in [0.3, 0.4) is 0 Å². The van der Waals surface area contributed by atoms with Crippen molar-refractivity contribution in [1.82, 2.24) is 15.3 Å². The van der Waals surface area contributed by atoms with Crippen LogP contribution in [0, 0.1) is 40.9 Å². The molecule has 1 amide bonds. The Morgan fingerprint density at radius 2 is 1.82 bits per heavy atom. The second kappa shape index (κ2) is 18.1. The smallest absolute Gasteiger partial charge is 0.251 e. The van der Waals surface area contributed by atoms with Gasteiger partial charge >= 0.3 is 0 Å². The molecule has 2 bridgehead atoms. The Morgan fingerprint density at radius 1 is 1.09 bits per heavy atom. The molecule has 0 unspecified atom stereocenters. The van der Waals surface area contributed by atoms with Crippen LogP contribution in [-0.2, 0) is 16.2 Å². The lowest BCUT2D eigenvalue weighted by Gasteiger charge is -2.62. The van der Waals surface area contributed by atoms with Crippen LogP contribution in [0.1, 0.15) is 96.5 Å². The fourth-order valence-electron chi connectivity index (χ4n) is 10.1. The number of Topliss-reactive ketones (excluding diaryl/α,β-unsaturated/α-hetero) is 1. The number of rotatable bonds is 18. The van der Waals surface area contributed by atoms with Gasteiger partial charge in [0.1, 0.15) is 17.9 Å². The molecule has 2 aromatic rings. The molecule has 0 aromatic heterocycles. The molecule has 1 saturated heterocycles. The number of aliphatic hydroxyl groups is 2. The number of hydrogen-bond acceptors (Lipinski definition) is 9. The molecule has 10 nitrogen and oxygen atoms in total. The Bertz CT molecular complexity index is 1610. The van der Waals surface area contributed by atoms with Gasteiger partial charge in [-0.15, -0.1) is 0 Å². The van der Waals surface area contributed by atoms with Crippen molar-refractivity contribution in [2.45, 2.75) is 111 Å². The summed E-state index contributed by atoms with van der Waals surface area (Å²) >= 11 is 0. The van der Waals surface area contributed by atoms with Crippen LogP contribution in [-0.4, -0.2) is 104 Å². The fourth-order valence-corrected chi connectivity index (χ4v) is 10.1. The van der Waals surface area contributed by atoms with Crippen LogP contribution in [0.2, 0.25) is 0 Å². The van der Waals surface area contributed by atoms with Crippen molar-refractivity contribution in [2.24, 2.45) is 40.9 Å². The highest BCUT2D eigenvalue weighted by atomic mass is 16.7. The normalized spacial score (nSPS) is 27.1. The predicted molar refractivity (Wildman–Crippen MR) is 220 cm³/mol. The van der Waals surface area contributed by atoms with Crippen molar-refractivity contribution in [1.29, 1.82) is 0 Å². The Kier molecular flexibility index (Phi) is 14.2. The number of carbonyl (C=O) groups excluding carboxylic acids is 2. The summed E-state index contributed by atoms with van der Waals surface area (Å²) < 4.78 is 6.39. The van der Waals surface area contributed by atoms with E-state index in [2.05, 4.69) is 50.9 Å². The molecule has 2 aromatic carbocycles. The lowest BCUT2D eigenvalue weighted by Crippen LogP contribution is -2.55. The number of hydroxylamine groups is 2. The van der Waals surface area contributed by atoms with Crippen molar-refractivity contribution in [3.63, 3.8) is 0 Å². The zero-order valence-corrected chi connectivity index (χ0v) is 35.5. The van der Waals surface area contributed by atoms with Gasteiger partial charge in [-0.05, 0) is 112 Å². The molecular weight excluding hydrogens is 693 g/mol. The van der Waals surface area contributed by atoms with Gasteiger partial charge in [-0.25, -0.2) is 0 Å². The Morgan fingerprint density at radius 3 is 2.40 bits per heavy atom. The maximum absolute atomic E-state index is 14.3. The first kappa shape index (κ1) is 43.1. The van der Waals surface area contributed by atoms with Gasteiger partial charge in [-0.1, -0.05) is 52.8 Å². The number of carbonyl (C=O) groups is 2. The Labute approximate surface area is 330 Å². The first-order chi connectivity index (χ1) is 26.0. The standard InChI is InChI=1S/C45H70N4O6/c1-12-54-43-31(14-13-15-37(43)32-19-33(22-36(21-32)48(10)11)44(53)46-35(18-27(2)3)25-47(8)9)24-49-42(41(29(5)51)40(26-50)55-49)39(52)17-16-30-20-34-23-38(28(30)4)45(34,6)7/h13-15,19,21-22,27-30,34-35,38,40-42,50-51H,12,16-18,20,23-26H2,1-11H3,(H,46,53)/t28-,29+,30+,34+,35+,38+,40+,41-,42-/m1/s1. The number of anilines is 1. The largest absolute Gasteiger partial charge is 0.493 e. The van der Waals surface area contributed by atoms with Crippen LogP contribution in [0.4, 0.5) is 5.69 Å². The van der Waals surface area contributed by atoms with Gasteiger partial charge in [0.25, 0.3) is 5.91 Å². The number of likely N-dealkylation sites (N-methyl/N-ethyl adjacent to an activating group) is 1. The lowest BCUT2D eigenvalue weighted by molar-refractivity contribution is -0.181. The third-order valence-electron chi connectivity index (χ3n) is 13.1. The number of fused-ring (bicyclic) bond motifs is 2. The Hall–Kier alpha value is -3.02. The van der Waals surface area contributed by atoms with Crippen molar-refractivity contribution >= 4 is 17.4 Å². The number of nitrogens with zero attached hydrogens (tertiary/aromatic N) is 3. The minimum Gasteiger partial charge on any atom is -0.493 e. The van der Waals surface area contributed by atoms with Crippen molar-refractivity contribution in [2.75, 3.05) is 52.8 Å². The number of benzene rings is 2. The van der Waals surface area contributed by atoms with Crippen molar-refractivity contribution in [3.8, 4) is 16.9 Å². The van der Waals surface area contributed by atoms with Crippen LogP contribution >= 0.6 is 0 Å². The van der Waals surface area contributed by atoms with Gasteiger partial charge in [0, 0.05) is 61.4 Å². The highest BCUT2D eigenvalue weighted by Gasteiger charge is 2.56. The molecule has 3 saturated carbocycles. The topological polar surface area (TPSA) is 115 Å². The van der Waals surface area contributed by atoms with Crippen LogP contribution in [0.5, 0.6) is 5.75 Å². The van der Waals surface area contributed by atoms with Crippen LogP contribution in [0.25, 0.3) is 11.1 Å². The average Bonchev–Trinajstić information content (AvgIpc) is 3.49. The second-order valence-corrected chi connectivity index (χ2v) is 18.3.